The van der Waals surface area contributed by atoms with Gasteiger partial charge in [0.1, 0.15) is 0 Å². The molecule has 1 aliphatic rings. The molecule has 0 spiro atoms. The summed E-state index contributed by atoms with van der Waals surface area (Å²) in [5.41, 5.74) is 4.96. The molecule has 0 bridgehead atoms. The molecule has 0 fully saturated rings. The Hall–Kier alpha value is -2.69. The average molecular weight is 530 g/mol. The predicted molar refractivity (Wildman–Crippen MR) is 160 cm³/mol. The van der Waals surface area contributed by atoms with Crippen LogP contribution in [0.25, 0.3) is 6.08 Å². The smallest absolute Gasteiger partial charge is 0.207 e. The number of allylic oxidation sites excluding steroid dienone is 1. The molecule has 4 rings (SSSR count). The van der Waals surface area contributed by atoms with Crippen LogP contribution in [0.3, 0.4) is 0 Å². The predicted octanol–water partition coefficient (Wildman–Crippen LogP) is 8.75. The molecule has 3 aromatic carbocycles. The van der Waals surface area contributed by atoms with Crippen LogP contribution in [0.15, 0.2) is 89.8 Å². The lowest BCUT2D eigenvalue weighted by atomic mass is 9.85. The quantitative estimate of drug-likeness (QED) is 0.185. The van der Waals surface area contributed by atoms with Crippen molar-refractivity contribution in [2.45, 2.75) is 82.6 Å². The van der Waals surface area contributed by atoms with E-state index in [9.17, 15) is 8.42 Å². The first-order chi connectivity index (χ1) is 18.4. The normalized spacial score (nSPS) is 15.6. The largest absolute Gasteiger partial charge is 0.243 e. The van der Waals surface area contributed by atoms with Gasteiger partial charge in [-0.3, -0.25) is 0 Å². The third kappa shape index (κ3) is 7.68. The molecule has 0 aliphatic heterocycles. The number of hydrogen-bond acceptors (Lipinski definition) is 2. The van der Waals surface area contributed by atoms with Crippen molar-refractivity contribution in [1.82, 2.24) is 4.31 Å². The van der Waals surface area contributed by atoms with Gasteiger partial charge in [0.05, 0.1) is 4.90 Å². The first kappa shape index (κ1) is 28.3. The lowest BCUT2D eigenvalue weighted by Gasteiger charge is -2.22. The SMILES string of the molecule is Cc1ccc(S(=O)(=O)N(CCCCCCCCCC(C)C2C=Cc3ccccc32)Cc2ccccc2)cc1. The van der Waals surface area contributed by atoms with Crippen LogP contribution in [-0.4, -0.2) is 19.3 Å². The summed E-state index contributed by atoms with van der Waals surface area (Å²) in [6, 6.07) is 25.9. The van der Waals surface area contributed by atoms with Gasteiger partial charge in [0.25, 0.3) is 0 Å². The van der Waals surface area contributed by atoms with Crippen molar-refractivity contribution in [3.8, 4) is 0 Å². The van der Waals surface area contributed by atoms with Gasteiger partial charge >= 0.3 is 0 Å². The van der Waals surface area contributed by atoms with Gasteiger partial charge < -0.3 is 0 Å². The Bertz CT molecular complexity index is 1270. The summed E-state index contributed by atoms with van der Waals surface area (Å²) in [5, 5.41) is 0. The number of sulfonamides is 1. The zero-order valence-corrected chi connectivity index (χ0v) is 23.9. The summed E-state index contributed by atoms with van der Waals surface area (Å²) in [4.78, 5) is 0.379. The Morgan fingerprint density at radius 3 is 2.13 bits per heavy atom. The Kier molecular flexibility index (Phi) is 10.4. The average Bonchev–Trinajstić information content (AvgIpc) is 3.36. The van der Waals surface area contributed by atoms with Crippen LogP contribution < -0.4 is 0 Å². The monoisotopic (exact) mass is 529 g/mol. The third-order valence-electron chi connectivity index (χ3n) is 7.88. The summed E-state index contributed by atoms with van der Waals surface area (Å²) < 4.78 is 28.5. The highest BCUT2D eigenvalue weighted by Crippen LogP contribution is 2.37. The van der Waals surface area contributed by atoms with E-state index in [2.05, 4.69) is 43.3 Å². The molecular weight excluding hydrogens is 486 g/mol. The second-order valence-corrected chi connectivity index (χ2v) is 12.8. The molecule has 0 radical (unpaired) electrons. The Balaban J connectivity index is 1.17. The minimum atomic E-state index is -3.53. The summed E-state index contributed by atoms with van der Waals surface area (Å²) in [6.07, 6.45) is 14.1. The lowest BCUT2D eigenvalue weighted by molar-refractivity contribution is 0.390. The molecule has 0 aromatic heterocycles. The van der Waals surface area contributed by atoms with E-state index in [-0.39, 0.29) is 0 Å². The van der Waals surface area contributed by atoms with Crippen LogP contribution in [0.5, 0.6) is 0 Å². The molecule has 3 aromatic rings. The maximum Gasteiger partial charge on any atom is 0.243 e. The molecule has 38 heavy (non-hydrogen) atoms. The van der Waals surface area contributed by atoms with Crippen molar-refractivity contribution in [1.29, 1.82) is 0 Å². The van der Waals surface area contributed by atoms with Crippen LogP contribution in [0.1, 0.15) is 86.5 Å². The highest BCUT2D eigenvalue weighted by molar-refractivity contribution is 7.89. The van der Waals surface area contributed by atoms with Gasteiger partial charge in [-0.25, -0.2) is 8.42 Å². The second kappa shape index (κ2) is 13.9. The molecule has 0 saturated heterocycles. The fraction of sp³-hybridized carbons (Fsp3) is 0.412. The fourth-order valence-corrected chi connectivity index (χ4v) is 6.99. The number of benzene rings is 3. The fourth-order valence-electron chi connectivity index (χ4n) is 5.52. The minimum absolute atomic E-state index is 0.379. The van der Waals surface area contributed by atoms with Crippen molar-refractivity contribution >= 4 is 16.1 Å². The number of hydrogen-bond donors (Lipinski definition) is 0. The van der Waals surface area contributed by atoms with Gasteiger partial charge in [-0.15, -0.1) is 0 Å². The first-order valence-electron chi connectivity index (χ1n) is 14.3. The van der Waals surface area contributed by atoms with Gasteiger partial charge in [0.2, 0.25) is 10.0 Å². The molecule has 0 N–H and O–H groups in total. The number of rotatable bonds is 15. The summed E-state index contributed by atoms with van der Waals surface area (Å²) >= 11 is 0. The Morgan fingerprint density at radius 1 is 0.763 bits per heavy atom. The molecule has 0 amide bonds. The maximum absolute atomic E-state index is 13.4. The topological polar surface area (TPSA) is 37.4 Å². The van der Waals surface area contributed by atoms with Gasteiger partial charge in [-0.05, 0) is 54.5 Å². The number of unbranched alkanes of at least 4 members (excludes halogenated alkanes) is 6. The minimum Gasteiger partial charge on any atom is -0.207 e. The molecule has 2 unspecified atom stereocenters. The van der Waals surface area contributed by atoms with E-state index in [1.165, 1.54) is 43.2 Å². The van der Waals surface area contributed by atoms with Gasteiger partial charge in [0.15, 0.2) is 0 Å². The van der Waals surface area contributed by atoms with Crippen molar-refractivity contribution in [2.24, 2.45) is 5.92 Å². The molecule has 4 heteroatoms. The summed E-state index contributed by atoms with van der Waals surface area (Å²) in [7, 11) is -3.53. The Labute approximate surface area is 230 Å². The van der Waals surface area contributed by atoms with Crippen LogP contribution in [-0.2, 0) is 16.6 Å². The zero-order chi connectivity index (χ0) is 26.8. The lowest BCUT2D eigenvalue weighted by Crippen LogP contribution is -2.31. The first-order valence-corrected chi connectivity index (χ1v) is 15.8. The highest BCUT2D eigenvalue weighted by atomic mass is 32.2. The van der Waals surface area contributed by atoms with Crippen LogP contribution in [0.2, 0.25) is 0 Å². The van der Waals surface area contributed by atoms with Crippen LogP contribution >= 0.6 is 0 Å². The molecule has 202 valence electrons. The zero-order valence-electron chi connectivity index (χ0n) is 23.1. The van der Waals surface area contributed by atoms with Gasteiger partial charge in [-0.1, -0.05) is 130 Å². The second-order valence-electron chi connectivity index (χ2n) is 10.9. The standard InChI is InChI=1S/C34H43NO2S/c1-28-20-23-32(24-21-28)38(36,37)35(27-30-16-10-8-11-17-30)26-14-7-5-3-4-6-9-15-29(2)33-25-22-31-18-12-13-19-34(31)33/h8,10-13,16-25,29,33H,3-7,9,14-15,26-27H2,1-2H3. The van der Waals surface area contributed by atoms with E-state index in [0.717, 1.165) is 30.4 Å². The van der Waals surface area contributed by atoms with E-state index in [1.807, 2.05) is 49.4 Å². The summed E-state index contributed by atoms with van der Waals surface area (Å²) in [5.74, 6) is 1.25. The van der Waals surface area contributed by atoms with Crippen molar-refractivity contribution in [2.75, 3.05) is 6.54 Å². The third-order valence-corrected chi connectivity index (χ3v) is 9.74. The molecule has 1 aliphatic carbocycles. The summed E-state index contributed by atoms with van der Waals surface area (Å²) in [6.45, 7) is 5.34. The van der Waals surface area contributed by atoms with E-state index < -0.39 is 10.0 Å². The molecule has 3 nitrogen and oxygen atoms in total. The van der Waals surface area contributed by atoms with Crippen molar-refractivity contribution in [3.63, 3.8) is 0 Å². The maximum atomic E-state index is 13.4. The van der Waals surface area contributed by atoms with Gasteiger partial charge in [0, 0.05) is 19.0 Å². The van der Waals surface area contributed by atoms with E-state index in [1.54, 1.807) is 16.4 Å². The van der Waals surface area contributed by atoms with Gasteiger partial charge in [-0.2, -0.15) is 4.31 Å². The molecular formula is C34H43NO2S. The molecule has 0 saturated carbocycles. The van der Waals surface area contributed by atoms with Crippen LogP contribution in [0.4, 0.5) is 0 Å². The molecule has 0 heterocycles. The van der Waals surface area contributed by atoms with Crippen LogP contribution in [0, 0.1) is 12.8 Å². The van der Waals surface area contributed by atoms with Crippen molar-refractivity contribution < 1.29 is 8.42 Å². The number of aryl methyl sites for hydroxylation is 1. The van der Waals surface area contributed by atoms with Crippen molar-refractivity contribution in [3.05, 3.63) is 107 Å². The van der Waals surface area contributed by atoms with E-state index in [4.69, 9.17) is 0 Å². The highest BCUT2D eigenvalue weighted by Gasteiger charge is 2.24. The molecule has 2 atom stereocenters. The number of fused-ring (bicyclic) bond motifs is 1. The number of nitrogens with zero attached hydrogens (tertiary/aromatic N) is 1. The van der Waals surface area contributed by atoms with E-state index in [0.29, 0.717) is 29.8 Å². The Morgan fingerprint density at radius 2 is 1.39 bits per heavy atom. The van der Waals surface area contributed by atoms with E-state index >= 15 is 0 Å².